The van der Waals surface area contributed by atoms with Gasteiger partial charge in [-0.25, -0.2) is 0 Å². The number of hydrogen-bond donors (Lipinski definition) is 0. The van der Waals surface area contributed by atoms with E-state index in [0.717, 1.165) is 12.7 Å². The van der Waals surface area contributed by atoms with Gasteiger partial charge in [-0.2, -0.15) is 0 Å². The van der Waals surface area contributed by atoms with E-state index in [1.165, 1.54) is 0 Å². The first-order valence-corrected chi connectivity index (χ1v) is 9.89. The fourth-order valence-electron chi connectivity index (χ4n) is 0.467. The molecular weight excluding hydrogens is 225 g/mol. The molecule has 0 aliphatic heterocycles. The quantitative estimate of drug-likeness (QED) is 0.643. The van der Waals surface area contributed by atoms with Gasteiger partial charge in [-0.3, -0.25) is 0 Å². The van der Waals surface area contributed by atoms with E-state index in [-0.39, 0.29) is 8.15 Å². The maximum absolute atomic E-state index is 5.60. The van der Waals surface area contributed by atoms with Crippen LogP contribution in [0.3, 0.4) is 0 Å². The fraction of sp³-hybridized carbons (Fsp3) is 1.00. The Bertz CT molecular complexity index is 124. The van der Waals surface area contributed by atoms with Crippen LogP contribution in [0, 0.1) is 0 Å². The summed E-state index contributed by atoms with van der Waals surface area (Å²) in [7, 11) is 0.656. The van der Waals surface area contributed by atoms with Gasteiger partial charge in [0.25, 0.3) is 0 Å². The summed E-state index contributed by atoms with van der Waals surface area (Å²) in [4.78, 5) is 0. The predicted octanol–water partition coefficient (Wildman–Crippen LogP) is 3.29. The molecule has 2 atom stereocenters. The summed E-state index contributed by atoms with van der Waals surface area (Å²) >= 11 is 0. The highest BCUT2D eigenvalue weighted by Crippen LogP contribution is 2.42. The zero-order valence-corrected chi connectivity index (χ0v) is 11.7. The van der Waals surface area contributed by atoms with E-state index >= 15 is 0 Å². The van der Waals surface area contributed by atoms with Crippen molar-refractivity contribution in [3.8, 4) is 0 Å². The Kier molecular flexibility index (Phi) is 9.24. The second-order valence-corrected chi connectivity index (χ2v) is 8.30. The van der Waals surface area contributed by atoms with Crippen LogP contribution >= 0.6 is 24.4 Å². The van der Waals surface area contributed by atoms with Gasteiger partial charge in [-0.05, 0) is 26.7 Å². The topological polar surface area (TPSA) is 27.7 Å². The van der Waals surface area contributed by atoms with E-state index in [0.29, 0.717) is 0 Å². The molecule has 0 N–H and O–H groups in total. The van der Waals surface area contributed by atoms with Crippen molar-refractivity contribution in [2.75, 3.05) is 46.5 Å². The van der Waals surface area contributed by atoms with Crippen molar-refractivity contribution in [1.29, 1.82) is 0 Å². The first kappa shape index (κ1) is 14.2. The zero-order valence-electron chi connectivity index (χ0n) is 8.98. The molecule has 0 rings (SSSR count). The molecule has 0 aliphatic rings. The van der Waals surface area contributed by atoms with Gasteiger partial charge in [-0.15, -0.1) is 0 Å². The minimum absolute atomic E-state index is 0.252. The summed E-state index contributed by atoms with van der Waals surface area (Å²) in [6, 6.07) is 0. The molecule has 0 heterocycles. The molecule has 0 saturated heterocycles. The third-order valence-corrected chi connectivity index (χ3v) is 4.50. The van der Waals surface area contributed by atoms with Crippen LogP contribution in [0.4, 0.5) is 0 Å². The van der Waals surface area contributed by atoms with E-state index < -0.39 is 16.3 Å². The van der Waals surface area contributed by atoms with Gasteiger partial charge >= 0.3 is 0 Å². The summed E-state index contributed by atoms with van der Waals surface area (Å²) in [6.45, 7) is 8.35. The highest BCUT2D eigenvalue weighted by Gasteiger charge is 2.06. The first-order valence-electron chi connectivity index (χ1n) is 3.95. The Hall–Kier alpha value is 1.17. The highest BCUT2D eigenvalue weighted by molar-refractivity contribution is 7.55. The Morgan fingerprint density at radius 3 is 1.85 bits per heavy atom. The average molecular weight is 244 g/mol. The third kappa shape index (κ3) is 9.47. The normalized spacial score (nSPS) is 16.2. The Morgan fingerprint density at radius 2 is 1.38 bits per heavy atom. The van der Waals surface area contributed by atoms with Crippen LogP contribution in [-0.4, -0.2) is 46.5 Å². The average Bonchev–Trinajstić information content (AvgIpc) is 2.10. The third-order valence-electron chi connectivity index (χ3n) is 1.27. The minimum atomic E-state index is -0.421. The summed E-state index contributed by atoms with van der Waals surface area (Å²) in [6.07, 6.45) is 1.48. The van der Waals surface area contributed by atoms with Gasteiger partial charge in [0.2, 0.25) is 0 Å². The Labute approximate surface area is 85.0 Å². The summed E-state index contributed by atoms with van der Waals surface area (Å²) in [5.41, 5.74) is 0. The number of rotatable bonds is 7. The highest BCUT2D eigenvalue weighted by atomic mass is 31.2. The summed E-state index contributed by atoms with van der Waals surface area (Å²) < 4.78 is 16.2. The van der Waals surface area contributed by atoms with E-state index in [4.69, 9.17) is 13.6 Å². The van der Waals surface area contributed by atoms with Crippen molar-refractivity contribution in [3.63, 3.8) is 0 Å². The van der Waals surface area contributed by atoms with Crippen molar-refractivity contribution >= 4 is 24.4 Å². The van der Waals surface area contributed by atoms with Gasteiger partial charge in [-0.1, -0.05) is 0 Å². The smallest absolute Gasteiger partial charge is 0.0948 e. The predicted molar refractivity (Wildman–Crippen MR) is 63.4 cm³/mol. The lowest BCUT2D eigenvalue weighted by Gasteiger charge is -2.16. The van der Waals surface area contributed by atoms with Crippen molar-refractivity contribution in [2.24, 2.45) is 0 Å². The van der Waals surface area contributed by atoms with Gasteiger partial charge in [0.15, 0.2) is 0 Å². The van der Waals surface area contributed by atoms with E-state index in [2.05, 4.69) is 26.7 Å². The van der Waals surface area contributed by atoms with Gasteiger partial charge in [0, 0.05) is 15.3 Å². The Balaban J connectivity index is 3.34. The summed E-state index contributed by atoms with van der Waals surface area (Å²) in [5, 5.41) is 0. The van der Waals surface area contributed by atoms with Gasteiger partial charge < -0.3 is 13.6 Å². The molecule has 80 valence electrons. The monoisotopic (exact) mass is 244 g/mol. The summed E-state index contributed by atoms with van der Waals surface area (Å²) in [5.74, 6) is 0. The van der Waals surface area contributed by atoms with Crippen molar-refractivity contribution < 1.29 is 13.6 Å². The maximum atomic E-state index is 5.60. The first-order chi connectivity index (χ1) is 6.06. The minimum Gasteiger partial charge on any atom is -0.360 e. The SMILES string of the molecule is COP(C)COP(C)COP(C)C. The second-order valence-electron chi connectivity index (χ2n) is 2.77. The molecule has 3 nitrogen and oxygen atoms in total. The molecule has 0 fully saturated rings. The van der Waals surface area contributed by atoms with Crippen LogP contribution < -0.4 is 0 Å². The molecule has 0 aromatic rings. The molecule has 0 radical (unpaired) electrons. The fourth-order valence-corrected chi connectivity index (χ4v) is 3.66. The van der Waals surface area contributed by atoms with Crippen molar-refractivity contribution in [3.05, 3.63) is 0 Å². The molecule has 0 amide bonds. The van der Waals surface area contributed by atoms with E-state index in [1.807, 2.05) is 0 Å². The second kappa shape index (κ2) is 8.48. The van der Waals surface area contributed by atoms with Crippen LogP contribution in [0.15, 0.2) is 0 Å². The van der Waals surface area contributed by atoms with Crippen molar-refractivity contribution in [1.82, 2.24) is 0 Å². The maximum Gasteiger partial charge on any atom is 0.0948 e. The van der Waals surface area contributed by atoms with Crippen LogP contribution in [0.25, 0.3) is 0 Å². The van der Waals surface area contributed by atoms with E-state index in [9.17, 15) is 0 Å². The molecule has 0 aliphatic carbocycles. The largest absolute Gasteiger partial charge is 0.360 e. The molecule has 0 aromatic carbocycles. The molecule has 0 bridgehead atoms. The molecule has 0 aromatic heterocycles. The molecule has 6 heteroatoms. The molecular formula is C7H19O3P3. The van der Waals surface area contributed by atoms with Crippen LogP contribution in [0.2, 0.25) is 0 Å². The lowest BCUT2D eigenvalue weighted by Crippen LogP contribution is -1.93. The lowest BCUT2D eigenvalue weighted by molar-refractivity contribution is 0.364. The Morgan fingerprint density at radius 1 is 0.846 bits per heavy atom. The van der Waals surface area contributed by atoms with Crippen LogP contribution in [-0.2, 0) is 13.6 Å². The van der Waals surface area contributed by atoms with Crippen molar-refractivity contribution in [2.45, 2.75) is 0 Å². The van der Waals surface area contributed by atoms with Gasteiger partial charge in [0.1, 0.15) is 0 Å². The van der Waals surface area contributed by atoms with Crippen LogP contribution in [0.1, 0.15) is 0 Å². The molecule has 2 unspecified atom stereocenters. The van der Waals surface area contributed by atoms with E-state index in [1.54, 1.807) is 7.11 Å². The standard InChI is InChI=1S/C7H19O3P3/c1-8-12(4)7-10-13(5)6-9-11(2)3/h6-7H2,1-5H3. The number of hydrogen-bond acceptors (Lipinski definition) is 3. The van der Waals surface area contributed by atoms with Gasteiger partial charge in [0.05, 0.1) is 29.0 Å². The zero-order chi connectivity index (χ0) is 10.3. The molecule has 0 spiro atoms. The lowest BCUT2D eigenvalue weighted by atomic mass is 11.7. The van der Waals surface area contributed by atoms with Crippen LogP contribution in [0.5, 0.6) is 0 Å². The molecule has 0 saturated carbocycles. The molecule has 13 heavy (non-hydrogen) atoms.